The Morgan fingerprint density at radius 2 is 1.45 bits per heavy atom. The van der Waals surface area contributed by atoms with Crippen LogP contribution in [0.1, 0.15) is 22.8 Å². The first-order valence-corrected chi connectivity index (χ1v) is 9.60. The van der Waals surface area contributed by atoms with E-state index in [2.05, 4.69) is 35.6 Å². The molecule has 170 valence electrons. The molecule has 12 nitrogen and oxygen atoms in total. The van der Waals surface area contributed by atoms with Crippen LogP contribution in [0.15, 0.2) is 10.5 Å². The molecule has 0 saturated carbocycles. The van der Waals surface area contributed by atoms with Crippen molar-refractivity contribution in [1.29, 1.82) is 0 Å². The second-order valence-electron chi connectivity index (χ2n) is 6.23. The molecule has 2 aromatic rings. The molecule has 0 aliphatic carbocycles. The van der Waals surface area contributed by atoms with Gasteiger partial charge in [-0.1, -0.05) is 0 Å². The standard InChI is InChI=1S/C9H11BrN2O4.C9H12N2O4/c1-5-9(10)6(3-8(15)16-2)11-12(5)4-7(13)14;1-6-3-7(4-9(14)15-2)10-11(6)5-8(12)13/h3-4H2,1-2H3,(H,13,14);3H,4-5H2,1-2H3,(H,12,13). The summed E-state index contributed by atoms with van der Waals surface area (Å²) in [5.41, 5.74) is 2.36. The zero-order valence-corrected chi connectivity index (χ0v) is 19.0. The van der Waals surface area contributed by atoms with Gasteiger partial charge in [-0.2, -0.15) is 10.2 Å². The quantitative estimate of drug-likeness (QED) is 0.492. The van der Waals surface area contributed by atoms with Crippen molar-refractivity contribution in [3.8, 4) is 0 Å². The van der Waals surface area contributed by atoms with E-state index < -0.39 is 23.9 Å². The number of aliphatic carboxylic acids is 2. The Balaban J connectivity index is 0.000000311. The lowest BCUT2D eigenvalue weighted by atomic mass is 10.3. The molecule has 0 fully saturated rings. The highest BCUT2D eigenvalue weighted by Gasteiger charge is 2.17. The molecule has 2 N–H and O–H groups in total. The Morgan fingerprint density at radius 1 is 0.935 bits per heavy atom. The van der Waals surface area contributed by atoms with Crippen molar-refractivity contribution in [3.63, 3.8) is 0 Å². The monoisotopic (exact) mass is 502 g/mol. The summed E-state index contributed by atoms with van der Waals surface area (Å²) < 4.78 is 12.3. The van der Waals surface area contributed by atoms with Crippen LogP contribution >= 0.6 is 15.9 Å². The molecule has 2 heterocycles. The third kappa shape index (κ3) is 8.20. The zero-order valence-electron chi connectivity index (χ0n) is 17.4. The molecule has 0 amide bonds. The molecule has 0 aromatic carbocycles. The summed E-state index contributed by atoms with van der Waals surface area (Å²) in [6.45, 7) is 3.02. The molecule has 31 heavy (non-hydrogen) atoms. The first-order valence-electron chi connectivity index (χ1n) is 8.80. The van der Waals surface area contributed by atoms with Gasteiger partial charge in [0.1, 0.15) is 13.1 Å². The van der Waals surface area contributed by atoms with E-state index in [1.165, 1.54) is 23.6 Å². The molecule has 0 aliphatic heterocycles. The number of carboxylic acids is 2. The van der Waals surface area contributed by atoms with Gasteiger partial charge < -0.3 is 19.7 Å². The summed E-state index contributed by atoms with van der Waals surface area (Å²) in [5, 5.41) is 25.2. The molecule has 0 unspecified atom stereocenters. The lowest BCUT2D eigenvalue weighted by Gasteiger charge is -1.98. The smallest absolute Gasteiger partial charge is 0.325 e. The van der Waals surface area contributed by atoms with Crippen molar-refractivity contribution in [1.82, 2.24) is 19.6 Å². The average Bonchev–Trinajstić information content (AvgIpc) is 3.15. The van der Waals surface area contributed by atoms with E-state index in [0.29, 0.717) is 27.2 Å². The number of hydrogen-bond acceptors (Lipinski definition) is 8. The predicted molar refractivity (Wildman–Crippen MR) is 108 cm³/mol. The third-order valence-corrected chi connectivity index (χ3v) is 4.93. The Bertz CT molecular complexity index is 966. The predicted octanol–water partition coefficient (Wildman–Crippen LogP) is 0.746. The van der Waals surface area contributed by atoms with E-state index in [1.807, 2.05) is 0 Å². The van der Waals surface area contributed by atoms with Crippen LogP contribution in [-0.4, -0.2) is 67.9 Å². The van der Waals surface area contributed by atoms with Gasteiger partial charge in [0, 0.05) is 5.69 Å². The number of aromatic nitrogens is 4. The fraction of sp³-hybridized carbons (Fsp3) is 0.444. The van der Waals surface area contributed by atoms with Crippen LogP contribution in [0.3, 0.4) is 0 Å². The number of methoxy groups -OCH3 is 2. The molecule has 0 spiro atoms. The largest absolute Gasteiger partial charge is 0.480 e. The number of hydrogen-bond donors (Lipinski definition) is 2. The highest BCUT2D eigenvalue weighted by Crippen LogP contribution is 2.21. The van der Waals surface area contributed by atoms with Gasteiger partial charge in [-0.05, 0) is 35.8 Å². The number of esters is 2. The summed E-state index contributed by atoms with van der Waals surface area (Å²) in [5.74, 6) is -2.76. The molecule has 0 bridgehead atoms. The SMILES string of the molecule is COC(=O)Cc1cc(C)n(CC(=O)O)n1.COC(=O)Cc1nn(CC(=O)O)c(C)c1Br. The van der Waals surface area contributed by atoms with Gasteiger partial charge in [-0.15, -0.1) is 0 Å². The fourth-order valence-electron chi connectivity index (χ4n) is 2.36. The molecule has 13 heteroatoms. The topological polar surface area (TPSA) is 163 Å². The second kappa shape index (κ2) is 11.8. The minimum absolute atomic E-state index is 0.0184. The molecule has 0 atom stereocenters. The van der Waals surface area contributed by atoms with Gasteiger partial charge >= 0.3 is 23.9 Å². The van der Waals surface area contributed by atoms with Crippen LogP contribution in [-0.2, 0) is 54.6 Å². The molecule has 2 rings (SSSR count). The van der Waals surface area contributed by atoms with Gasteiger partial charge in [-0.3, -0.25) is 28.5 Å². The normalized spacial score (nSPS) is 10.1. The number of carbonyl (C=O) groups excluding carboxylic acids is 2. The molecule has 0 saturated heterocycles. The van der Waals surface area contributed by atoms with Crippen LogP contribution in [0, 0.1) is 13.8 Å². The van der Waals surface area contributed by atoms with Crippen molar-refractivity contribution in [3.05, 3.63) is 33.3 Å². The van der Waals surface area contributed by atoms with Crippen LogP contribution < -0.4 is 0 Å². The number of nitrogens with zero attached hydrogens (tertiary/aromatic N) is 4. The van der Waals surface area contributed by atoms with Crippen molar-refractivity contribution in [2.75, 3.05) is 14.2 Å². The van der Waals surface area contributed by atoms with Gasteiger partial charge in [-0.25, -0.2) is 0 Å². The Labute approximate surface area is 185 Å². The Morgan fingerprint density at radius 3 is 1.97 bits per heavy atom. The Hall–Kier alpha value is -3.22. The molecule has 2 aromatic heterocycles. The van der Waals surface area contributed by atoms with Gasteiger partial charge in [0.25, 0.3) is 0 Å². The minimum atomic E-state index is -0.984. The van der Waals surface area contributed by atoms with E-state index in [4.69, 9.17) is 10.2 Å². The summed E-state index contributed by atoms with van der Waals surface area (Å²) in [4.78, 5) is 43.0. The highest BCUT2D eigenvalue weighted by atomic mass is 79.9. The Kier molecular flexibility index (Phi) is 9.86. The van der Waals surface area contributed by atoms with Gasteiger partial charge in [0.2, 0.25) is 0 Å². The van der Waals surface area contributed by atoms with Crippen LogP contribution in [0.2, 0.25) is 0 Å². The summed E-state index contributed by atoms with van der Waals surface area (Å²) in [6, 6.07) is 1.67. The molecule has 0 aliphatic rings. The molecular formula is C18H23BrN4O8. The molecule has 0 radical (unpaired) electrons. The number of ether oxygens (including phenoxy) is 2. The van der Waals surface area contributed by atoms with Gasteiger partial charge in [0.05, 0.1) is 48.6 Å². The van der Waals surface area contributed by atoms with E-state index in [1.54, 1.807) is 19.9 Å². The van der Waals surface area contributed by atoms with E-state index >= 15 is 0 Å². The van der Waals surface area contributed by atoms with Crippen molar-refractivity contribution in [2.45, 2.75) is 39.8 Å². The van der Waals surface area contributed by atoms with Crippen molar-refractivity contribution >= 4 is 39.8 Å². The number of aryl methyl sites for hydroxylation is 1. The van der Waals surface area contributed by atoms with Crippen LogP contribution in [0.5, 0.6) is 0 Å². The minimum Gasteiger partial charge on any atom is -0.480 e. The number of rotatable bonds is 8. The summed E-state index contributed by atoms with van der Waals surface area (Å²) >= 11 is 3.26. The lowest BCUT2D eigenvalue weighted by molar-refractivity contribution is -0.140. The maximum Gasteiger partial charge on any atom is 0.325 e. The summed E-state index contributed by atoms with van der Waals surface area (Å²) in [6.07, 6.45) is 0.0779. The van der Waals surface area contributed by atoms with E-state index in [-0.39, 0.29) is 25.9 Å². The molecular weight excluding hydrogens is 480 g/mol. The van der Waals surface area contributed by atoms with E-state index in [9.17, 15) is 19.2 Å². The first-order chi connectivity index (χ1) is 14.5. The fourth-order valence-corrected chi connectivity index (χ4v) is 2.79. The second-order valence-corrected chi connectivity index (χ2v) is 7.02. The third-order valence-electron chi connectivity index (χ3n) is 3.89. The number of carboxylic acid groups (broad SMARTS) is 2. The van der Waals surface area contributed by atoms with Gasteiger partial charge in [0.15, 0.2) is 0 Å². The summed E-state index contributed by atoms with van der Waals surface area (Å²) in [7, 11) is 2.58. The zero-order chi connectivity index (χ0) is 23.7. The number of halogens is 1. The van der Waals surface area contributed by atoms with Crippen molar-refractivity contribution < 1.29 is 38.9 Å². The van der Waals surface area contributed by atoms with Crippen LogP contribution in [0.25, 0.3) is 0 Å². The number of carbonyl (C=O) groups is 4. The van der Waals surface area contributed by atoms with E-state index in [0.717, 1.165) is 0 Å². The average molecular weight is 503 g/mol. The maximum absolute atomic E-state index is 11.1. The first kappa shape index (κ1) is 25.8. The lowest BCUT2D eigenvalue weighted by Crippen LogP contribution is -2.12. The highest BCUT2D eigenvalue weighted by molar-refractivity contribution is 9.10. The van der Waals surface area contributed by atoms with Crippen molar-refractivity contribution in [2.24, 2.45) is 0 Å². The van der Waals surface area contributed by atoms with Crippen LogP contribution in [0.4, 0.5) is 0 Å². The maximum atomic E-state index is 11.1.